The van der Waals surface area contributed by atoms with Gasteiger partial charge in [-0.3, -0.25) is 0 Å². The number of aryl methyl sites for hydroxylation is 1. The Morgan fingerprint density at radius 2 is 1.63 bits per heavy atom. The van der Waals surface area contributed by atoms with Crippen LogP contribution >= 0.6 is 0 Å². The zero-order chi connectivity index (χ0) is 21.3. The molecule has 2 heterocycles. The molecule has 0 unspecified atom stereocenters. The van der Waals surface area contributed by atoms with Crippen molar-refractivity contribution in [2.24, 2.45) is 0 Å². The highest BCUT2D eigenvalue weighted by Gasteiger charge is 2.37. The summed E-state index contributed by atoms with van der Waals surface area (Å²) in [5.74, 6) is -1.50. The van der Waals surface area contributed by atoms with Crippen molar-refractivity contribution < 1.29 is 22.3 Å². The van der Waals surface area contributed by atoms with E-state index in [0.717, 1.165) is 5.56 Å². The lowest BCUT2D eigenvalue weighted by Gasteiger charge is -2.31. The van der Waals surface area contributed by atoms with Crippen molar-refractivity contribution in [2.45, 2.75) is 13.1 Å². The first-order chi connectivity index (χ1) is 14.3. The van der Waals surface area contributed by atoms with Crippen molar-refractivity contribution in [3.63, 3.8) is 0 Å². The maximum atomic E-state index is 13.7. The summed E-state index contributed by atoms with van der Waals surface area (Å²) in [5.41, 5.74) is 2.63. The van der Waals surface area contributed by atoms with E-state index in [1.807, 2.05) is 31.2 Å². The summed E-state index contributed by atoms with van der Waals surface area (Å²) in [5, 5.41) is 0. The third kappa shape index (κ3) is 4.14. The number of halogens is 4. The van der Waals surface area contributed by atoms with Crippen molar-refractivity contribution in [1.29, 1.82) is 0 Å². The topological polar surface area (TPSA) is 38.2 Å². The number of ether oxygens (including phenoxy) is 1. The van der Waals surface area contributed by atoms with Crippen molar-refractivity contribution in [3.8, 4) is 22.4 Å². The first-order valence-corrected chi connectivity index (χ1v) is 9.48. The number of hydrogen-bond acceptors (Lipinski definition) is 4. The van der Waals surface area contributed by atoms with Gasteiger partial charge in [-0.2, -0.15) is 13.2 Å². The van der Waals surface area contributed by atoms with Crippen LogP contribution < -0.4 is 4.90 Å². The van der Waals surface area contributed by atoms with Crippen molar-refractivity contribution >= 4 is 5.82 Å². The van der Waals surface area contributed by atoms with E-state index in [1.54, 1.807) is 4.90 Å². The molecule has 0 amide bonds. The minimum absolute atomic E-state index is 0.115. The minimum atomic E-state index is -4.72. The number of benzene rings is 2. The molecule has 156 valence electrons. The average molecular weight is 417 g/mol. The number of alkyl halides is 3. The summed E-state index contributed by atoms with van der Waals surface area (Å²) in [6, 6.07) is 12.7. The summed E-state index contributed by atoms with van der Waals surface area (Å²) in [6.45, 7) is 3.52. The largest absolute Gasteiger partial charge is 0.451 e. The van der Waals surface area contributed by atoms with Crippen LogP contribution in [0.25, 0.3) is 22.4 Å². The quantitative estimate of drug-likeness (QED) is 0.555. The van der Waals surface area contributed by atoms with Crippen LogP contribution in [0.5, 0.6) is 0 Å². The highest BCUT2D eigenvalue weighted by Crippen LogP contribution is 2.40. The van der Waals surface area contributed by atoms with Crippen LogP contribution in [0, 0.1) is 12.7 Å². The van der Waals surface area contributed by atoms with Gasteiger partial charge in [-0.1, -0.05) is 29.8 Å². The fourth-order valence-corrected chi connectivity index (χ4v) is 3.46. The summed E-state index contributed by atoms with van der Waals surface area (Å²) < 4.78 is 59.8. The molecule has 0 radical (unpaired) electrons. The first kappa shape index (κ1) is 20.3. The van der Waals surface area contributed by atoms with E-state index in [9.17, 15) is 17.6 Å². The molecule has 1 aromatic heterocycles. The molecule has 4 rings (SSSR count). The Hall–Kier alpha value is -3.00. The molecular formula is C22H19F4N3O. The first-order valence-electron chi connectivity index (χ1n) is 9.48. The van der Waals surface area contributed by atoms with Gasteiger partial charge in [-0.15, -0.1) is 0 Å². The second-order valence-corrected chi connectivity index (χ2v) is 7.07. The molecule has 3 aromatic rings. The van der Waals surface area contributed by atoms with Gasteiger partial charge in [0.2, 0.25) is 5.82 Å². The Morgan fingerprint density at radius 3 is 2.27 bits per heavy atom. The Morgan fingerprint density at radius 1 is 0.933 bits per heavy atom. The van der Waals surface area contributed by atoms with Gasteiger partial charge in [0.15, 0.2) is 0 Å². The van der Waals surface area contributed by atoms with Crippen molar-refractivity contribution in [1.82, 2.24) is 9.97 Å². The predicted octanol–water partition coefficient (Wildman–Crippen LogP) is 5.11. The van der Waals surface area contributed by atoms with Crippen LogP contribution in [0.3, 0.4) is 0 Å². The van der Waals surface area contributed by atoms with E-state index in [-0.39, 0.29) is 11.5 Å². The lowest BCUT2D eigenvalue weighted by atomic mass is 9.97. The molecule has 0 bridgehead atoms. The summed E-state index contributed by atoms with van der Waals surface area (Å²) in [7, 11) is 0. The summed E-state index contributed by atoms with van der Waals surface area (Å²) in [4.78, 5) is 9.61. The van der Waals surface area contributed by atoms with Gasteiger partial charge >= 0.3 is 6.18 Å². The normalized spacial score (nSPS) is 14.8. The molecule has 0 atom stereocenters. The van der Waals surface area contributed by atoms with Gasteiger partial charge in [0.1, 0.15) is 11.6 Å². The monoisotopic (exact) mass is 417 g/mol. The highest BCUT2D eigenvalue weighted by molar-refractivity contribution is 5.89. The SMILES string of the molecule is Cc1cccc(-c2c(-c3ccc(F)cc3)nc(C(F)(F)F)nc2N2CCOCC2)c1. The van der Waals surface area contributed by atoms with E-state index in [4.69, 9.17) is 4.74 Å². The molecule has 0 saturated carbocycles. The average Bonchev–Trinajstić information content (AvgIpc) is 2.73. The van der Waals surface area contributed by atoms with E-state index in [2.05, 4.69) is 9.97 Å². The molecule has 1 fully saturated rings. The second kappa shape index (κ2) is 8.02. The Bertz CT molecular complexity index is 1050. The third-order valence-electron chi connectivity index (χ3n) is 4.88. The van der Waals surface area contributed by atoms with Crippen LogP contribution in [0.4, 0.5) is 23.4 Å². The maximum Gasteiger partial charge on any atom is 0.451 e. The van der Waals surface area contributed by atoms with Crippen LogP contribution in [0.2, 0.25) is 0 Å². The predicted molar refractivity (Wildman–Crippen MR) is 106 cm³/mol. The van der Waals surface area contributed by atoms with Crippen molar-refractivity contribution in [3.05, 3.63) is 65.7 Å². The highest BCUT2D eigenvalue weighted by atomic mass is 19.4. The number of nitrogens with zero attached hydrogens (tertiary/aromatic N) is 3. The Kier molecular flexibility index (Phi) is 5.42. The van der Waals surface area contributed by atoms with Gasteiger partial charge in [0.25, 0.3) is 0 Å². The number of aromatic nitrogens is 2. The Labute approximate surface area is 171 Å². The van der Waals surface area contributed by atoms with Crippen LogP contribution in [0.1, 0.15) is 11.4 Å². The van der Waals surface area contributed by atoms with Gasteiger partial charge in [-0.05, 0) is 36.8 Å². The van der Waals surface area contributed by atoms with Gasteiger partial charge in [-0.25, -0.2) is 14.4 Å². The Balaban J connectivity index is 2.03. The number of rotatable bonds is 3. The smallest absolute Gasteiger partial charge is 0.378 e. The van der Waals surface area contributed by atoms with E-state index >= 15 is 0 Å². The summed E-state index contributed by atoms with van der Waals surface area (Å²) in [6.07, 6.45) is -4.72. The number of anilines is 1. The lowest BCUT2D eigenvalue weighted by Crippen LogP contribution is -2.37. The zero-order valence-corrected chi connectivity index (χ0v) is 16.2. The molecule has 1 saturated heterocycles. The molecule has 8 heteroatoms. The number of morpholine rings is 1. The van der Waals surface area contributed by atoms with Crippen LogP contribution in [-0.4, -0.2) is 36.3 Å². The summed E-state index contributed by atoms with van der Waals surface area (Å²) >= 11 is 0. The molecule has 4 nitrogen and oxygen atoms in total. The van der Waals surface area contributed by atoms with Gasteiger partial charge < -0.3 is 9.64 Å². The van der Waals surface area contributed by atoms with E-state index in [0.29, 0.717) is 43.0 Å². The molecule has 2 aromatic carbocycles. The fraction of sp³-hybridized carbons (Fsp3) is 0.273. The maximum absolute atomic E-state index is 13.7. The number of hydrogen-bond donors (Lipinski definition) is 0. The molecule has 1 aliphatic heterocycles. The fourth-order valence-electron chi connectivity index (χ4n) is 3.46. The van der Waals surface area contributed by atoms with E-state index < -0.39 is 17.8 Å². The molecule has 1 aliphatic rings. The van der Waals surface area contributed by atoms with E-state index in [1.165, 1.54) is 24.3 Å². The van der Waals surface area contributed by atoms with Gasteiger partial charge in [0, 0.05) is 18.7 Å². The van der Waals surface area contributed by atoms with Crippen molar-refractivity contribution in [2.75, 3.05) is 31.2 Å². The molecule has 0 spiro atoms. The third-order valence-corrected chi connectivity index (χ3v) is 4.88. The second-order valence-electron chi connectivity index (χ2n) is 7.07. The minimum Gasteiger partial charge on any atom is -0.378 e. The standard InChI is InChI=1S/C22H19F4N3O/c1-14-3-2-4-16(13-14)18-19(15-5-7-17(23)8-6-15)27-21(22(24,25)26)28-20(18)29-9-11-30-12-10-29/h2-8,13H,9-12H2,1H3. The van der Waals surface area contributed by atoms with Crippen LogP contribution in [-0.2, 0) is 10.9 Å². The molecule has 0 aliphatic carbocycles. The van der Waals surface area contributed by atoms with Crippen LogP contribution in [0.15, 0.2) is 48.5 Å². The molecule has 0 N–H and O–H groups in total. The van der Waals surface area contributed by atoms with Gasteiger partial charge in [0.05, 0.1) is 24.5 Å². The lowest BCUT2D eigenvalue weighted by molar-refractivity contribution is -0.144. The molecular weight excluding hydrogens is 398 g/mol. The zero-order valence-electron chi connectivity index (χ0n) is 16.2. The molecule has 30 heavy (non-hydrogen) atoms.